The predicted molar refractivity (Wildman–Crippen MR) is 63.9 cm³/mol. The third-order valence-corrected chi connectivity index (χ3v) is 2.88. The van der Waals surface area contributed by atoms with Gasteiger partial charge in [0.05, 0.1) is 6.04 Å². The Bertz CT molecular complexity index is 327. The maximum Gasteiger partial charge on any atom is 0.0686 e. The van der Waals surface area contributed by atoms with Gasteiger partial charge in [-0.05, 0) is 18.1 Å². The minimum absolute atomic E-state index is 0.169. The molecule has 0 bridgehead atoms. The zero-order chi connectivity index (χ0) is 10.4. The van der Waals surface area contributed by atoms with Crippen molar-refractivity contribution < 1.29 is 0 Å². The smallest absolute Gasteiger partial charge is 0.0686 e. The summed E-state index contributed by atoms with van der Waals surface area (Å²) in [6.07, 6.45) is 6.32. The van der Waals surface area contributed by atoms with Crippen LogP contribution in [0.1, 0.15) is 18.9 Å². The van der Waals surface area contributed by atoms with Crippen LogP contribution in [0.5, 0.6) is 0 Å². The van der Waals surface area contributed by atoms with Crippen LogP contribution in [-0.4, -0.2) is 6.04 Å². The van der Waals surface area contributed by atoms with Crippen LogP contribution in [0.25, 0.3) is 0 Å². The molecule has 0 spiro atoms. The summed E-state index contributed by atoms with van der Waals surface area (Å²) in [5, 5.41) is 3.31. The summed E-state index contributed by atoms with van der Waals surface area (Å²) in [6.45, 7) is 2.89. The molecule has 2 heteroatoms. The average molecular weight is 252 g/mol. The standard InChI is InChI=1S/C12H14BrN/c1-3-11(4-2)14-9-10-7-5-6-8-12(10)13/h1,5-8,11,14H,4,9H2,2H3. The Kier molecular flexibility index (Phi) is 4.72. The fraction of sp³-hybridized carbons (Fsp3) is 0.333. The minimum Gasteiger partial charge on any atom is -0.300 e. The van der Waals surface area contributed by atoms with E-state index in [2.05, 4.69) is 40.2 Å². The van der Waals surface area contributed by atoms with Gasteiger partial charge in [-0.15, -0.1) is 6.42 Å². The molecule has 1 unspecified atom stereocenters. The zero-order valence-corrected chi connectivity index (χ0v) is 9.84. The van der Waals surface area contributed by atoms with Crippen LogP contribution in [0.3, 0.4) is 0 Å². The lowest BCUT2D eigenvalue weighted by Gasteiger charge is -2.11. The summed E-state index contributed by atoms with van der Waals surface area (Å²) in [5.74, 6) is 2.72. The van der Waals surface area contributed by atoms with Crippen LogP contribution in [0, 0.1) is 12.3 Å². The fourth-order valence-corrected chi connectivity index (χ4v) is 1.62. The first-order valence-corrected chi connectivity index (χ1v) is 5.50. The lowest BCUT2D eigenvalue weighted by atomic mass is 10.2. The molecule has 1 N–H and O–H groups in total. The van der Waals surface area contributed by atoms with Gasteiger partial charge in [0.25, 0.3) is 0 Å². The lowest BCUT2D eigenvalue weighted by Crippen LogP contribution is -2.26. The predicted octanol–water partition coefficient (Wildman–Crippen LogP) is 2.95. The molecule has 14 heavy (non-hydrogen) atoms. The third kappa shape index (κ3) is 3.17. The maximum atomic E-state index is 5.36. The van der Waals surface area contributed by atoms with Crippen LogP contribution in [0.4, 0.5) is 0 Å². The van der Waals surface area contributed by atoms with Gasteiger partial charge >= 0.3 is 0 Å². The number of hydrogen-bond acceptors (Lipinski definition) is 1. The molecule has 0 aromatic heterocycles. The molecule has 0 saturated heterocycles. The Hall–Kier alpha value is -0.780. The Labute approximate surface area is 94.0 Å². The van der Waals surface area contributed by atoms with Gasteiger partial charge in [-0.2, -0.15) is 0 Å². The summed E-state index contributed by atoms with van der Waals surface area (Å²) in [5.41, 5.74) is 1.24. The van der Waals surface area contributed by atoms with Gasteiger partial charge in [0.1, 0.15) is 0 Å². The molecule has 0 saturated carbocycles. The summed E-state index contributed by atoms with van der Waals surface area (Å²) in [7, 11) is 0. The van der Waals surface area contributed by atoms with Gasteiger partial charge < -0.3 is 0 Å². The van der Waals surface area contributed by atoms with Crippen molar-refractivity contribution in [1.29, 1.82) is 0 Å². The second kappa shape index (κ2) is 5.85. The number of hydrogen-bond donors (Lipinski definition) is 1. The first kappa shape index (κ1) is 11.3. The van der Waals surface area contributed by atoms with Crippen molar-refractivity contribution in [3.05, 3.63) is 34.3 Å². The van der Waals surface area contributed by atoms with Crippen LogP contribution in [0.2, 0.25) is 0 Å². The van der Waals surface area contributed by atoms with E-state index in [0.717, 1.165) is 17.4 Å². The molecule has 0 amide bonds. The van der Waals surface area contributed by atoms with Crippen LogP contribution < -0.4 is 5.32 Å². The Morgan fingerprint density at radius 2 is 2.21 bits per heavy atom. The SMILES string of the molecule is C#CC(CC)NCc1ccccc1Br. The van der Waals surface area contributed by atoms with Crippen LogP contribution in [0.15, 0.2) is 28.7 Å². The number of halogens is 1. The molecular weight excluding hydrogens is 238 g/mol. The number of terminal acetylenes is 1. The van der Waals surface area contributed by atoms with Crippen molar-refractivity contribution in [2.24, 2.45) is 0 Å². The molecule has 1 nitrogen and oxygen atoms in total. The van der Waals surface area contributed by atoms with Crippen molar-refractivity contribution >= 4 is 15.9 Å². The largest absolute Gasteiger partial charge is 0.300 e. The van der Waals surface area contributed by atoms with Gasteiger partial charge in [0.15, 0.2) is 0 Å². The Balaban J connectivity index is 2.54. The molecule has 1 aromatic rings. The topological polar surface area (TPSA) is 12.0 Å². The number of rotatable bonds is 4. The quantitative estimate of drug-likeness (QED) is 0.812. The molecule has 1 atom stereocenters. The molecular formula is C12H14BrN. The molecule has 0 aliphatic heterocycles. The highest BCUT2D eigenvalue weighted by Gasteiger charge is 2.02. The monoisotopic (exact) mass is 251 g/mol. The van der Waals surface area contributed by atoms with Gasteiger partial charge in [0.2, 0.25) is 0 Å². The van der Waals surface area contributed by atoms with Crippen molar-refractivity contribution in [1.82, 2.24) is 5.32 Å². The van der Waals surface area contributed by atoms with E-state index < -0.39 is 0 Å². The highest BCUT2D eigenvalue weighted by molar-refractivity contribution is 9.10. The normalized spacial score (nSPS) is 12.1. The number of nitrogens with one attached hydrogen (secondary N) is 1. The molecule has 0 radical (unpaired) electrons. The van der Waals surface area contributed by atoms with E-state index in [1.54, 1.807) is 0 Å². The van der Waals surface area contributed by atoms with Crippen molar-refractivity contribution in [2.75, 3.05) is 0 Å². The van der Waals surface area contributed by atoms with E-state index in [0.29, 0.717) is 0 Å². The second-order valence-corrected chi connectivity index (χ2v) is 3.95. The van der Waals surface area contributed by atoms with E-state index in [-0.39, 0.29) is 6.04 Å². The summed E-state index contributed by atoms with van der Waals surface area (Å²) in [6, 6.07) is 8.32. The highest BCUT2D eigenvalue weighted by atomic mass is 79.9. The van der Waals surface area contributed by atoms with Crippen molar-refractivity contribution in [2.45, 2.75) is 25.9 Å². The van der Waals surface area contributed by atoms with Crippen molar-refractivity contribution in [3.8, 4) is 12.3 Å². The third-order valence-electron chi connectivity index (χ3n) is 2.11. The van der Waals surface area contributed by atoms with Crippen LogP contribution in [-0.2, 0) is 6.54 Å². The van der Waals surface area contributed by atoms with Gasteiger partial charge in [-0.25, -0.2) is 0 Å². The van der Waals surface area contributed by atoms with Gasteiger partial charge in [-0.1, -0.05) is 47.0 Å². The Morgan fingerprint density at radius 1 is 1.50 bits per heavy atom. The van der Waals surface area contributed by atoms with E-state index in [4.69, 9.17) is 6.42 Å². The Morgan fingerprint density at radius 3 is 2.79 bits per heavy atom. The maximum absolute atomic E-state index is 5.36. The molecule has 1 aromatic carbocycles. The zero-order valence-electron chi connectivity index (χ0n) is 8.26. The molecule has 0 fully saturated rings. The number of benzene rings is 1. The molecule has 0 aliphatic carbocycles. The highest BCUT2D eigenvalue weighted by Crippen LogP contribution is 2.15. The molecule has 1 rings (SSSR count). The molecule has 0 heterocycles. The summed E-state index contributed by atoms with van der Waals surface area (Å²) >= 11 is 3.50. The summed E-state index contributed by atoms with van der Waals surface area (Å²) < 4.78 is 1.12. The van der Waals surface area contributed by atoms with Crippen molar-refractivity contribution in [3.63, 3.8) is 0 Å². The molecule has 74 valence electrons. The second-order valence-electron chi connectivity index (χ2n) is 3.10. The van der Waals surface area contributed by atoms with E-state index in [1.807, 2.05) is 18.2 Å². The van der Waals surface area contributed by atoms with Gasteiger partial charge in [-0.3, -0.25) is 5.32 Å². The lowest BCUT2D eigenvalue weighted by molar-refractivity contribution is 0.591. The summed E-state index contributed by atoms with van der Waals surface area (Å²) in [4.78, 5) is 0. The van der Waals surface area contributed by atoms with Crippen LogP contribution >= 0.6 is 15.9 Å². The van der Waals surface area contributed by atoms with Gasteiger partial charge in [0, 0.05) is 11.0 Å². The molecule has 0 aliphatic rings. The van der Waals surface area contributed by atoms with E-state index in [1.165, 1.54) is 5.56 Å². The minimum atomic E-state index is 0.169. The fourth-order valence-electron chi connectivity index (χ4n) is 1.20. The average Bonchev–Trinajstić information content (AvgIpc) is 2.22. The van der Waals surface area contributed by atoms with E-state index >= 15 is 0 Å². The van der Waals surface area contributed by atoms with E-state index in [9.17, 15) is 0 Å². The first-order valence-electron chi connectivity index (χ1n) is 4.70. The first-order chi connectivity index (χ1) is 6.77.